The lowest BCUT2D eigenvalue weighted by molar-refractivity contribution is -0.126. The van der Waals surface area contributed by atoms with Crippen LogP contribution < -0.4 is 10.1 Å². The Labute approximate surface area is 172 Å². The standard InChI is InChI=1S/C23H30FN3O2/c1-17-4-6-19(7-5-17)15-25-23(28)18(2)27-12-10-26(11-13-27)16-20-8-9-22(29-3)21(24)14-20/h4-9,14,18H,10-13,15-16H2,1-3H3,(H,25,28). The van der Waals surface area contributed by atoms with Crippen LogP contribution in [-0.2, 0) is 17.9 Å². The van der Waals surface area contributed by atoms with E-state index in [0.29, 0.717) is 13.1 Å². The van der Waals surface area contributed by atoms with Gasteiger partial charge in [-0.25, -0.2) is 4.39 Å². The lowest BCUT2D eigenvalue weighted by Crippen LogP contribution is -2.53. The number of hydrogen-bond donors (Lipinski definition) is 1. The molecule has 0 radical (unpaired) electrons. The Kier molecular flexibility index (Phi) is 7.23. The predicted octanol–water partition coefficient (Wildman–Crippen LogP) is 2.97. The van der Waals surface area contributed by atoms with Gasteiger partial charge >= 0.3 is 0 Å². The number of nitrogens with one attached hydrogen (secondary N) is 1. The Bertz CT molecular complexity index is 817. The molecule has 2 aromatic carbocycles. The van der Waals surface area contributed by atoms with Crippen molar-refractivity contribution in [3.05, 3.63) is 65.0 Å². The molecule has 156 valence electrons. The maximum atomic E-state index is 13.9. The third kappa shape index (κ3) is 5.78. The fraction of sp³-hybridized carbons (Fsp3) is 0.435. The van der Waals surface area contributed by atoms with Gasteiger partial charge in [0.05, 0.1) is 13.2 Å². The molecule has 6 heteroatoms. The third-order valence-electron chi connectivity index (χ3n) is 5.54. The lowest BCUT2D eigenvalue weighted by Gasteiger charge is -2.37. The zero-order valence-corrected chi connectivity index (χ0v) is 17.5. The van der Waals surface area contributed by atoms with E-state index in [1.165, 1.54) is 18.7 Å². The number of amides is 1. The molecule has 0 spiro atoms. The number of methoxy groups -OCH3 is 1. The molecule has 0 aromatic heterocycles. The van der Waals surface area contributed by atoms with E-state index in [1.54, 1.807) is 6.07 Å². The second kappa shape index (κ2) is 9.85. The largest absolute Gasteiger partial charge is 0.494 e. The maximum Gasteiger partial charge on any atom is 0.237 e. The first-order valence-electron chi connectivity index (χ1n) is 10.1. The van der Waals surface area contributed by atoms with Crippen LogP contribution in [0.3, 0.4) is 0 Å². The molecule has 1 saturated heterocycles. The fourth-order valence-electron chi connectivity index (χ4n) is 3.58. The van der Waals surface area contributed by atoms with Crippen LogP contribution in [0.15, 0.2) is 42.5 Å². The molecule has 1 N–H and O–H groups in total. The average Bonchev–Trinajstić information content (AvgIpc) is 2.73. The number of halogens is 1. The van der Waals surface area contributed by atoms with E-state index in [1.807, 2.05) is 25.1 Å². The van der Waals surface area contributed by atoms with Gasteiger partial charge in [-0.3, -0.25) is 14.6 Å². The third-order valence-corrected chi connectivity index (χ3v) is 5.54. The number of carbonyl (C=O) groups is 1. The average molecular weight is 400 g/mol. The predicted molar refractivity (Wildman–Crippen MR) is 112 cm³/mol. The van der Waals surface area contributed by atoms with Crippen molar-refractivity contribution in [1.82, 2.24) is 15.1 Å². The van der Waals surface area contributed by atoms with Crippen molar-refractivity contribution in [2.45, 2.75) is 33.0 Å². The van der Waals surface area contributed by atoms with Crippen molar-refractivity contribution in [2.75, 3.05) is 33.3 Å². The number of ether oxygens (including phenoxy) is 1. The van der Waals surface area contributed by atoms with E-state index in [2.05, 4.69) is 34.2 Å². The Morgan fingerprint density at radius 1 is 1.10 bits per heavy atom. The zero-order chi connectivity index (χ0) is 20.8. The summed E-state index contributed by atoms with van der Waals surface area (Å²) >= 11 is 0. The minimum absolute atomic E-state index is 0.0521. The first-order valence-corrected chi connectivity index (χ1v) is 10.1. The maximum absolute atomic E-state index is 13.9. The molecule has 2 aromatic rings. The second-order valence-electron chi connectivity index (χ2n) is 7.66. The van der Waals surface area contributed by atoms with Gasteiger partial charge in [-0.2, -0.15) is 0 Å². The van der Waals surface area contributed by atoms with Crippen LogP contribution in [0.5, 0.6) is 5.75 Å². The summed E-state index contributed by atoms with van der Waals surface area (Å²) in [5.41, 5.74) is 3.25. The normalized spacial score (nSPS) is 16.4. The summed E-state index contributed by atoms with van der Waals surface area (Å²) in [6.45, 7) is 8.59. The minimum atomic E-state index is -0.331. The lowest BCUT2D eigenvalue weighted by atomic mass is 10.1. The van der Waals surface area contributed by atoms with Crippen LogP contribution in [0.25, 0.3) is 0 Å². The second-order valence-corrected chi connectivity index (χ2v) is 7.66. The fourth-order valence-corrected chi connectivity index (χ4v) is 3.58. The first kappa shape index (κ1) is 21.3. The molecule has 1 heterocycles. The Morgan fingerprint density at radius 2 is 1.76 bits per heavy atom. The SMILES string of the molecule is COc1ccc(CN2CCN(C(C)C(=O)NCc3ccc(C)cc3)CC2)cc1F. The summed E-state index contributed by atoms with van der Waals surface area (Å²) in [6, 6.07) is 13.1. The molecule has 0 bridgehead atoms. The van der Waals surface area contributed by atoms with E-state index in [-0.39, 0.29) is 23.5 Å². The van der Waals surface area contributed by atoms with Gasteiger partial charge in [0.25, 0.3) is 0 Å². The van der Waals surface area contributed by atoms with Crippen molar-refractivity contribution in [1.29, 1.82) is 0 Å². The number of rotatable bonds is 7. The van der Waals surface area contributed by atoms with Crippen molar-refractivity contribution >= 4 is 5.91 Å². The highest BCUT2D eigenvalue weighted by Gasteiger charge is 2.25. The van der Waals surface area contributed by atoms with Crippen molar-refractivity contribution < 1.29 is 13.9 Å². The minimum Gasteiger partial charge on any atom is -0.494 e. The highest BCUT2D eigenvalue weighted by Crippen LogP contribution is 2.19. The van der Waals surface area contributed by atoms with Crippen LogP contribution in [0.2, 0.25) is 0 Å². The number of aryl methyl sites for hydroxylation is 1. The molecular weight excluding hydrogens is 369 g/mol. The van der Waals surface area contributed by atoms with Gasteiger partial charge in [0.15, 0.2) is 11.6 Å². The summed E-state index contributed by atoms with van der Waals surface area (Å²) in [5.74, 6) is -0.0113. The molecular formula is C23H30FN3O2. The molecule has 3 rings (SSSR count). The Hall–Kier alpha value is -2.44. The molecule has 29 heavy (non-hydrogen) atoms. The highest BCUT2D eigenvalue weighted by atomic mass is 19.1. The monoisotopic (exact) mass is 399 g/mol. The smallest absolute Gasteiger partial charge is 0.237 e. The van der Waals surface area contributed by atoms with E-state index in [9.17, 15) is 9.18 Å². The van der Waals surface area contributed by atoms with Crippen molar-refractivity contribution in [3.63, 3.8) is 0 Å². The van der Waals surface area contributed by atoms with Crippen LogP contribution >= 0.6 is 0 Å². The molecule has 1 aliphatic rings. The van der Waals surface area contributed by atoms with Crippen LogP contribution in [0, 0.1) is 12.7 Å². The topological polar surface area (TPSA) is 44.8 Å². The number of nitrogens with zero attached hydrogens (tertiary/aromatic N) is 2. The zero-order valence-electron chi connectivity index (χ0n) is 17.5. The van der Waals surface area contributed by atoms with E-state index in [0.717, 1.165) is 37.3 Å². The summed E-state index contributed by atoms with van der Waals surface area (Å²) in [5, 5.41) is 3.04. The van der Waals surface area contributed by atoms with E-state index in [4.69, 9.17) is 4.74 Å². The molecule has 5 nitrogen and oxygen atoms in total. The van der Waals surface area contributed by atoms with Crippen LogP contribution in [-0.4, -0.2) is 55.0 Å². The summed E-state index contributed by atoms with van der Waals surface area (Å²) in [7, 11) is 1.47. The molecule has 1 amide bonds. The number of hydrogen-bond acceptors (Lipinski definition) is 4. The van der Waals surface area contributed by atoms with Gasteiger partial charge < -0.3 is 10.1 Å². The molecule has 1 fully saturated rings. The molecule has 1 atom stereocenters. The highest BCUT2D eigenvalue weighted by molar-refractivity contribution is 5.81. The Balaban J connectivity index is 1.44. The molecule has 1 aliphatic heterocycles. The van der Waals surface area contributed by atoms with Crippen molar-refractivity contribution in [3.8, 4) is 5.75 Å². The van der Waals surface area contributed by atoms with E-state index >= 15 is 0 Å². The van der Waals surface area contributed by atoms with E-state index < -0.39 is 0 Å². The van der Waals surface area contributed by atoms with Crippen LogP contribution in [0.4, 0.5) is 4.39 Å². The van der Waals surface area contributed by atoms with Gasteiger partial charge in [-0.05, 0) is 37.1 Å². The number of benzene rings is 2. The molecule has 1 unspecified atom stereocenters. The summed E-state index contributed by atoms with van der Waals surface area (Å²) in [4.78, 5) is 17.0. The van der Waals surface area contributed by atoms with Gasteiger partial charge in [0.1, 0.15) is 0 Å². The number of carbonyl (C=O) groups excluding carboxylic acids is 1. The summed E-state index contributed by atoms with van der Waals surface area (Å²) in [6.07, 6.45) is 0. The molecule has 0 aliphatic carbocycles. The molecule has 0 saturated carbocycles. The first-order chi connectivity index (χ1) is 14.0. The summed E-state index contributed by atoms with van der Waals surface area (Å²) < 4.78 is 18.9. The number of piperazine rings is 1. The Morgan fingerprint density at radius 3 is 2.38 bits per heavy atom. The van der Waals surface area contributed by atoms with Crippen LogP contribution in [0.1, 0.15) is 23.6 Å². The van der Waals surface area contributed by atoms with Crippen molar-refractivity contribution in [2.24, 2.45) is 0 Å². The quantitative estimate of drug-likeness (QED) is 0.778. The van der Waals surface area contributed by atoms with Gasteiger partial charge in [0, 0.05) is 39.3 Å². The van der Waals surface area contributed by atoms with Gasteiger partial charge in [-0.15, -0.1) is 0 Å². The van der Waals surface area contributed by atoms with Gasteiger partial charge in [0.2, 0.25) is 5.91 Å². The van der Waals surface area contributed by atoms with Gasteiger partial charge in [-0.1, -0.05) is 35.9 Å².